The van der Waals surface area contributed by atoms with Gasteiger partial charge in [-0.15, -0.1) is 0 Å². The minimum absolute atomic E-state index is 0.413. The van der Waals surface area contributed by atoms with Crippen molar-refractivity contribution in [3.63, 3.8) is 0 Å². The molecule has 0 amide bonds. The molecule has 1 atom stereocenters. The summed E-state index contributed by atoms with van der Waals surface area (Å²) in [6, 6.07) is 0.720. The van der Waals surface area contributed by atoms with Crippen molar-refractivity contribution in [3.8, 4) is 0 Å². The lowest BCUT2D eigenvalue weighted by Gasteiger charge is -2.32. The summed E-state index contributed by atoms with van der Waals surface area (Å²) in [5.74, 6) is 0. The zero-order chi connectivity index (χ0) is 9.90. The largest absolute Gasteiger partial charge is 0.312 e. The molecule has 0 aliphatic carbocycles. The van der Waals surface area contributed by atoms with E-state index in [0.29, 0.717) is 5.41 Å². The van der Waals surface area contributed by atoms with Gasteiger partial charge >= 0.3 is 0 Å². The average Bonchev–Trinajstić information content (AvgIpc) is 2.00. The Labute approximate surface area is 82.7 Å². The molecule has 0 bridgehead atoms. The van der Waals surface area contributed by atoms with Crippen molar-refractivity contribution in [2.24, 2.45) is 5.41 Å². The molecule has 1 N–H and O–H groups in total. The molecule has 1 heterocycles. The van der Waals surface area contributed by atoms with Crippen LogP contribution in [-0.2, 0) is 0 Å². The van der Waals surface area contributed by atoms with Crippen LogP contribution in [0.4, 0.5) is 0 Å². The summed E-state index contributed by atoms with van der Waals surface area (Å²) in [4.78, 5) is 2.42. The highest BCUT2D eigenvalue weighted by atomic mass is 15.1. The Morgan fingerprint density at radius 1 is 1.38 bits per heavy atom. The van der Waals surface area contributed by atoms with Crippen LogP contribution in [0.15, 0.2) is 0 Å². The summed E-state index contributed by atoms with van der Waals surface area (Å²) in [5.41, 5.74) is 0.413. The van der Waals surface area contributed by atoms with Gasteiger partial charge in [0.2, 0.25) is 0 Å². The average molecular weight is 184 g/mol. The molecule has 0 aromatic carbocycles. The molecule has 1 saturated heterocycles. The van der Waals surface area contributed by atoms with Gasteiger partial charge in [-0.1, -0.05) is 20.8 Å². The Kier molecular flexibility index (Phi) is 3.74. The molecule has 2 heteroatoms. The number of nitrogens with one attached hydrogen (secondary N) is 1. The second-order valence-corrected chi connectivity index (χ2v) is 5.54. The van der Waals surface area contributed by atoms with E-state index in [1.807, 2.05) is 0 Å². The second-order valence-electron chi connectivity index (χ2n) is 5.54. The van der Waals surface area contributed by atoms with Crippen LogP contribution in [0.25, 0.3) is 0 Å². The predicted octanol–water partition coefficient (Wildman–Crippen LogP) is 1.72. The zero-order valence-corrected chi connectivity index (χ0v) is 9.56. The Morgan fingerprint density at radius 2 is 2.08 bits per heavy atom. The summed E-state index contributed by atoms with van der Waals surface area (Å²) >= 11 is 0. The molecule has 0 aromatic heterocycles. The van der Waals surface area contributed by atoms with Gasteiger partial charge in [-0.2, -0.15) is 0 Å². The minimum atomic E-state index is 0.413. The maximum atomic E-state index is 3.65. The number of hydrogen-bond acceptors (Lipinski definition) is 2. The Hall–Kier alpha value is -0.0800. The van der Waals surface area contributed by atoms with Crippen molar-refractivity contribution in [2.75, 3.05) is 26.7 Å². The summed E-state index contributed by atoms with van der Waals surface area (Å²) in [6.07, 6.45) is 2.69. The second kappa shape index (κ2) is 4.43. The normalized spacial score (nSPS) is 26.3. The van der Waals surface area contributed by atoms with Gasteiger partial charge in [0.1, 0.15) is 0 Å². The van der Waals surface area contributed by atoms with Gasteiger partial charge < -0.3 is 10.2 Å². The van der Waals surface area contributed by atoms with E-state index in [1.54, 1.807) is 0 Å². The monoisotopic (exact) mass is 184 g/mol. The molecule has 1 aliphatic heterocycles. The van der Waals surface area contributed by atoms with Crippen molar-refractivity contribution in [1.29, 1.82) is 0 Å². The van der Waals surface area contributed by atoms with Crippen LogP contribution < -0.4 is 5.32 Å². The van der Waals surface area contributed by atoms with Crippen LogP contribution in [0.2, 0.25) is 0 Å². The highest BCUT2D eigenvalue weighted by Crippen LogP contribution is 2.13. The molecular weight excluding hydrogens is 160 g/mol. The van der Waals surface area contributed by atoms with E-state index in [2.05, 4.69) is 38.0 Å². The molecule has 0 saturated carbocycles. The van der Waals surface area contributed by atoms with E-state index in [0.717, 1.165) is 12.6 Å². The van der Waals surface area contributed by atoms with Gasteiger partial charge in [0.25, 0.3) is 0 Å². The fourth-order valence-electron chi connectivity index (χ4n) is 1.78. The van der Waals surface area contributed by atoms with Crippen LogP contribution in [0.5, 0.6) is 0 Å². The maximum Gasteiger partial charge on any atom is 0.0195 e. The molecule has 1 fully saturated rings. The fourth-order valence-corrected chi connectivity index (χ4v) is 1.78. The van der Waals surface area contributed by atoms with Crippen LogP contribution in [0.3, 0.4) is 0 Å². The number of hydrogen-bond donors (Lipinski definition) is 1. The smallest absolute Gasteiger partial charge is 0.0195 e. The summed E-state index contributed by atoms with van der Waals surface area (Å²) in [5, 5.41) is 3.65. The lowest BCUT2D eigenvalue weighted by atomic mass is 9.95. The molecule has 1 aliphatic rings. The van der Waals surface area contributed by atoms with Crippen molar-refractivity contribution < 1.29 is 0 Å². The number of likely N-dealkylation sites (tertiary alicyclic amines) is 1. The van der Waals surface area contributed by atoms with Gasteiger partial charge in [0.05, 0.1) is 0 Å². The summed E-state index contributed by atoms with van der Waals surface area (Å²) < 4.78 is 0. The topological polar surface area (TPSA) is 15.3 Å². The highest BCUT2D eigenvalue weighted by Gasteiger charge is 2.18. The van der Waals surface area contributed by atoms with Crippen LogP contribution in [-0.4, -0.2) is 37.6 Å². The number of piperidine rings is 1. The third-order valence-electron chi connectivity index (χ3n) is 2.55. The molecule has 2 nitrogen and oxygen atoms in total. The Balaban J connectivity index is 2.21. The molecular formula is C11H24N2. The van der Waals surface area contributed by atoms with Crippen molar-refractivity contribution in [3.05, 3.63) is 0 Å². The standard InChI is InChI=1S/C11H24N2/c1-11(2,3)9-12-10-6-5-7-13(4)8-10/h10,12H,5-9H2,1-4H3/t10-/m0/s1. The number of nitrogens with zero attached hydrogens (tertiary/aromatic N) is 1. The first-order valence-corrected chi connectivity index (χ1v) is 5.39. The SMILES string of the molecule is CN1CCC[C@H](NCC(C)(C)C)C1. The third-order valence-corrected chi connectivity index (χ3v) is 2.55. The predicted molar refractivity (Wildman–Crippen MR) is 58.0 cm³/mol. The van der Waals surface area contributed by atoms with Gasteiger partial charge in [-0.05, 0) is 31.8 Å². The molecule has 0 aromatic rings. The Morgan fingerprint density at radius 3 is 2.62 bits per heavy atom. The van der Waals surface area contributed by atoms with Crippen molar-refractivity contribution in [2.45, 2.75) is 39.7 Å². The van der Waals surface area contributed by atoms with Crippen LogP contribution in [0.1, 0.15) is 33.6 Å². The van der Waals surface area contributed by atoms with Gasteiger partial charge in [0.15, 0.2) is 0 Å². The number of rotatable bonds is 2. The summed E-state index contributed by atoms with van der Waals surface area (Å²) in [7, 11) is 2.21. The quantitative estimate of drug-likeness (QED) is 0.703. The van der Waals surface area contributed by atoms with Crippen LogP contribution in [0, 0.1) is 5.41 Å². The minimum Gasteiger partial charge on any atom is -0.312 e. The third kappa shape index (κ3) is 4.63. The van der Waals surface area contributed by atoms with E-state index in [-0.39, 0.29) is 0 Å². The maximum absolute atomic E-state index is 3.65. The molecule has 0 spiro atoms. The molecule has 1 rings (SSSR count). The molecule has 0 unspecified atom stereocenters. The number of likely N-dealkylation sites (N-methyl/N-ethyl adjacent to an activating group) is 1. The van der Waals surface area contributed by atoms with Gasteiger partial charge in [-0.25, -0.2) is 0 Å². The van der Waals surface area contributed by atoms with E-state index in [9.17, 15) is 0 Å². The first kappa shape index (κ1) is 11.0. The van der Waals surface area contributed by atoms with Gasteiger partial charge in [-0.3, -0.25) is 0 Å². The lowest BCUT2D eigenvalue weighted by Crippen LogP contribution is -2.46. The Bertz CT molecular complexity index is 149. The fraction of sp³-hybridized carbons (Fsp3) is 1.00. The van der Waals surface area contributed by atoms with E-state index in [4.69, 9.17) is 0 Å². The zero-order valence-electron chi connectivity index (χ0n) is 9.56. The van der Waals surface area contributed by atoms with Crippen LogP contribution >= 0.6 is 0 Å². The van der Waals surface area contributed by atoms with Crippen molar-refractivity contribution in [1.82, 2.24) is 10.2 Å². The highest BCUT2D eigenvalue weighted by molar-refractivity contribution is 4.78. The first-order chi connectivity index (χ1) is 5.97. The molecule has 78 valence electrons. The van der Waals surface area contributed by atoms with E-state index >= 15 is 0 Å². The summed E-state index contributed by atoms with van der Waals surface area (Å²) in [6.45, 7) is 10.5. The van der Waals surface area contributed by atoms with E-state index in [1.165, 1.54) is 25.9 Å². The van der Waals surface area contributed by atoms with Crippen molar-refractivity contribution >= 4 is 0 Å². The van der Waals surface area contributed by atoms with E-state index < -0.39 is 0 Å². The molecule has 0 radical (unpaired) electrons. The first-order valence-electron chi connectivity index (χ1n) is 5.39. The van der Waals surface area contributed by atoms with Gasteiger partial charge in [0, 0.05) is 19.1 Å². The lowest BCUT2D eigenvalue weighted by molar-refractivity contribution is 0.214. The molecule has 13 heavy (non-hydrogen) atoms.